The van der Waals surface area contributed by atoms with Gasteiger partial charge in [-0.2, -0.15) is 5.10 Å². The van der Waals surface area contributed by atoms with Gasteiger partial charge in [0.25, 0.3) is 5.91 Å². The van der Waals surface area contributed by atoms with Gasteiger partial charge in [-0.05, 0) is 29.8 Å². The largest absolute Gasteiger partial charge is 0.460 e. The molecule has 0 aliphatic rings. The Kier molecular flexibility index (Phi) is 7.56. The van der Waals surface area contributed by atoms with E-state index in [-0.39, 0.29) is 16.8 Å². The Morgan fingerprint density at radius 2 is 1.80 bits per heavy atom. The van der Waals surface area contributed by atoms with E-state index in [0.717, 1.165) is 16.5 Å². The molecule has 0 aliphatic carbocycles. The molecule has 202 valence electrons. The molecule has 1 amide bonds. The van der Waals surface area contributed by atoms with Gasteiger partial charge in [0.2, 0.25) is 5.43 Å². The summed E-state index contributed by atoms with van der Waals surface area (Å²) in [5, 5.41) is 5.38. The number of benzene rings is 2. The molecular weight excluding hydrogens is 516 g/mol. The highest BCUT2D eigenvalue weighted by Crippen LogP contribution is 2.26. The van der Waals surface area contributed by atoms with Crippen LogP contribution in [-0.4, -0.2) is 25.7 Å². The number of hydrogen-bond donors (Lipinski definition) is 2. The van der Waals surface area contributed by atoms with E-state index in [1.165, 1.54) is 0 Å². The summed E-state index contributed by atoms with van der Waals surface area (Å²) in [6.07, 6.45) is 7.32. The summed E-state index contributed by atoms with van der Waals surface area (Å²) in [7, 11) is 1.84. The Morgan fingerprint density at radius 3 is 2.51 bits per heavy atom. The van der Waals surface area contributed by atoms with Gasteiger partial charge in [0, 0.05) is 43.0 Å². The average Bonchev–Trinajstić information content (AvgIpc) is 3.41. The summed E-state index contributed by atoms with van der Waals surface area (Å²) in [4.78, 5) is 32.4. The van der Waals surface area contributed by atoms with Crippen molar-refractivity contribution in [1.29, 1.82) is 0 Å². The lowest BCUT2D eigenvalue weighted by Gasteiger charge is -2.09. The fourth-order valence-corrected chi connectivity index (χ4v) is 4.46. The number of pyridine rings is 2. The van der Waals surface area contributed by atoms with Crippen LogP contribution >= 0.6 is 0 Å². The standard InChI is InChI=1S/C23H18N2O2.C9H8N4O/c1-3-19-21(17-8-5-4-6-9-17)23(26)22-18(10-7-11-20(22)27-19)13-12-16-14-24-25(2)15-16;10-8-6(9(11)14)7-5(4-13-8)2-1-3-12-7/h4-11,14-15H,3H2,1-2H3;1-4H,(H2,10,13)(H2,11,14). The molecule has 0 fully saturated rings. The average molecular weight is 543 g/mol. The summed E-state index contributed by atoms with van der Waals surface area (Å²) in [6.45, 7) is 1.99. The number of hydrogen-bond acceptors (Lipinski definition) is 7. The van der Waals surface area contributed by atoms with Crippen LogP contribution in [-0.2, 0) is 13.5 Å². The van der Waals surface area contributed by atoms with E-state index < -0.39 is 5.91 Å². The van der Waals surface area contributed by atoms with E-state index in [9.17, 15) is 9.59 Å². The normalized spacial score (nSPS) is 10.5. The fraction of sp³-hybridized carbons (Fsp3) is 0.0938. The van der Waals surface area contributed by atoms with Gasteiger partial charge in [0.15, 0.2) is 0 Å². The molecule has 2 aromatic carbocycles. The topological polar surface area (TPSA) is 143 Å². The lowest BCUT2D eigenvalue weighted by Crippen LogP contribution is -2.15. The lowest BCUT2D eigenvalue weighted by atomic mass is 9.99. The highest BCUT2D eigenvalue weighted by molar-refractivity contribution is 6.08. The predicted octanol–water partition coefficient (Wildman–Crippen LogP) is 4.47. The number of nitrogen functional groups attached to an aromatic ring is 1. The molecule has 6 aromatic rings. The van der Waals surface area contributed by atoms with Gasteiger partial charge in [-0.25, -0.2) is 4.98 Å². The van der Waals surface area contributed by atoms with E-state index in [1.54, 1.807) is 35.4 Å². The summed E-state index contributed by atoms with van der Waals surface area (Å²) in [6, 6.07) is 18.7. The monoisotopic (exact) mass is 542 g/mol. The fourth-order valence-electron chi connectivity index (χ4n) is 4.46. The molecule has 0 aliphatic heterocycles. The van der Waals surface area contributed by atoms with E-state index in [4.69, 9.17) is 15.9 Å². The second kappa shape index (κ2) is 11.6. The maximum Gasteiger partial charge on any atom is 0.254 e. The summed E-state index contributed by atoms with van der Waals surface area (Å²) in [5.74, 6) is 6.38. The minimum atomic E-state index is -0.612. The minimum absolute atomic E-state index is 0.0459. The first-order valence-electron chi connectivity index (χ1n) is 12.8. The second-order valence-electron chi connectivity index (χ2n) is 9.10. The number of primary amides is 1. The molecule has 0 saturated heterocycles. The van der Waals surface area contributed by atoms with Crippen molar-refractivity contribution in [2.24, 2.45) is 12.8 Å². The van der Waals surface area contributed by atoms with Crippen molar-refractivity contribution in [1.82, 2.24) is 19.7 Å². The minimum Gasteiger partial charge on any atom is -0.460 e. The zero-order valence-electron chi connectivity index (χ0n) is 22.5. The molecule has 0 spiro atoms. The Balaban J connectivity index is 0.000000202. The number of fused-ring (bicyclic) bond motifs is 2. The number of amides is 1. The van der Waals surface area contributed by atoms with Crippen LogP contribution in [0.1, 0.15) is 34.2 Å². The molecular formula is C32H26N6O3. The van der Waals surface area contributed by atoms with Crippen molar-refractivity contribution in [3.05, 3.63) is 118 Å². The smallest absolute Gasteiger partial charge is 0.254 e. The summed E-state index contributed by atoms with van der Waals surface area (Å²) < 4.78 is 7.79. The third kappa shape index (κ3) is 5.53. The highest BCUT2D eigenvalue weighted by atomic mass is 16.3. The van der Waals surface area contributed by atoms with Crippen LogP contribution in [0.5, 0.6) is 0 Å². The number of aryl methyl sites for hydroxylation is 2. The molecule has 0 saturated carbocycles. The molecule has 4 aromatic heterocycles. The number of rotatable bonds is 3. The molecule has 4 N–H and O–H groups in total. The third-order valence-electron chi connectivity index (χ3n) is 6.34. The van der Waals surface area contributed by atoms with E-state index in [0.29, 0.717) is 39.8 Å². The number of aromatic nitrogens is 4. The Morgan fingerprint density at radius 1 is 1.00 bits per heavy atom. The zero-order chi connectivity index (χ0) is 28.9. The molecule has 9 nitrogen and oxygen atoms in total. The van der Waals surface area contributed by atoms with Crippen LogP contribution in [0.4, 0.5) is 5.82 Å². The molecule has 9 heteroatoms. The molecule has 6 rings (SSSR count). The van der Waals surface area contributed by atoms with Crippen molar-refractivity contribution >= 4 is 33.6 Å². The van der Waals surface area contributed by atoms with Crippen LogP contribution in [0.3, 0.4) is 0 Å². The number of carbonyl (C=O) groups is 1. The lowest BCUT2D eigenvalue weighted by molar-refractivity contribution is 0.100. The van der Waals surface area contributed by atoms with Gasteiger partial charge < -0.3 is 15.9 Å². The van der Waals surface area contributed by atoms with Crippen LogP contribution in [0.25, 0.3) is 33.0 Å². The van der Waals surface area contributed by atoms with E-state index in [1.807, 2.05) is 68.7 Å². The number of anilines is 1. The second-order valence-corrected chi connectivity index (χ2v) is 9.10. The Bertz CT molecular complexity index is 2020. The molecule has 4 heterocycles. The third-order valence-corrected chi connectivity index (χ3v) is 6.34. The van der Waals surface area contributed by atoms with Crippen molar-refractivity contribution in [2.45, 2.75) is 13.3 Å². The highest BCUT2D eigenvalue weighted by Gasteiger charge is 2.17. The first kappa shape index (κ1) is 26.8. The SMILES string of the molecule is CCc1oc2cccc(C#Cc3cnn(C)c3)c2c(=O)c1-c1ccccc1.NC(=O)c1c(N)ncc2cccnc12. The molecule has 0 unspecified atom stereocenters. The van der Waals surface area contributed by atoms with Gasteiger partial charge in [0.05, 0.1) is 28.2 Å². The number of nitrogens with zero attached hydrogens (tertiary/aromatic N) is 4. The number of nitrogens with two attached hydrogens (primary N) is 2. The van der Waals surface area contributed by atoms with Crippen LogP contribution in [0.2, 0.25) is 0 Å². The van der Waals surface area contributed by atoms with Gasteiger partial charge in [-0.3, -0.25) is 19.3 Å². The summed E-state index contributed by atoms with van der Waals surface area (Å²) in [5.41, 5.74) is 14.8. The van der Waals surface area contributed by atoms with Gasteiger partial charge in [-0.15, -0.1) is 0 Å². The quantitative estimate of drug-likeness (QED) is 0.314. The first-order chi connectivity index (χ1) is 19.9. The van der Waals surface area contributed by atoms with Gasteiger partial charge in [0.1, 0.15) is 22.7 Å². The van der Waals surface area contributed by atoms with E-state index in [2.05, 4.69) is 26.9 Å². The van der Waals surface area contributed by atoms with Gasteiger partial charge in [-0.1, -0.05) is 55.2 Å². The predicted molar refractivity (Wildman–Crippen MR) is 159 cm³/mol. The Hall–Kier alpha value is -5.75. The van der Waals surface area contributed by atoms with Gasteiger partial charge >= 0.3 is 0 Å². The van der Waals surface area contributed by atoms with Crippen LogP contribution < -0.4 is 16.9 Å². The zero-order valence-corrected chi connectivity index (χ0v) is 22.5. The van der Waals surface area contributed by atoms with E-state index >= 15 is 0 Å². The molecule has 0 atom stereocenters. The van der Waals surface area contributed by atoms with Crippen LogP contribution in [0.15, 0.2) is 94.7 Å². The molecule has 0 bridgehead atoms. The maximum atomic E-state index is 13.4. The van der Waals surface area contributed by atoms with Crippen LogP contribution in [0, 0.1) is 11.8 Å². The molecule has 41 heavy (non-hydrogen) atoms. The van der Waals surface area contributed by atoms with Crippen molar-refractivity contribution < 1.29 is 9.21 Å². The van der Waals surface area contributed by atoms with Crippen molar-refractivity contribution in [2.75, 3.05) is 5.73 Å². The Labute approximate surface area is 235 Å². The molecule has 0 radical (unpaired) electrons. The maximum absolute atomic E-state index is 13.4. The number of carbonyl (C=O) groups excluding carboxylic acids is 1. The first-order valence-corrected chi connectivity index (χ1v) is 12.8. The van der Waals surface area contributed by atoms with Crippen molar-refractivity contribution in [3.8, 4) is 23.0 Å². The summed E-state index contributed by atoms with van der Waals surface area (Å²) >= 11 is 0. The van der Waals surface area contributed by atoms with Crippen molar-refractivity contribution in [3.63, 3.8) is 0 Å².